The van der Waals surface area contributed by atoms with E-state index in [0.717, 1.165) is 40.0 Å². The van der Waals surface area contributed by atoms with Gasteiger partial charge in [0.2, 0.25) is 0 Å². The van der Waals surface area contributed by atoms with Crippen molar-refractivity contribution in [2.24, 2.45) is 0 Å². The molecule has 1 unspecified atom stereocenters. The van der Waals surface area contributed by atoms with Gasteiger partial charge in [-0.25, -0.2) is 9.78 Å². The second-order valence-corrected chi connectivity index (χ2v) is 9.25. The molecule has 1 N–H and O–H groups in total. The van der Waals surface area contributed by atoms with Gasteiger partial charge in [0, 0.05) is 18.8 Å². The third-order valence-electron chi connectivity index (χ3n) is 6.79. The summed E-state index contributed by atoms with van der Waals surface area (Å²) in [5, 5.41) is 2.38. The summed E-state index contributed by atoms with van der Waals surface area (Å²) < 4.78 is 5.78. The Bertz CT molecular complexity index is 1530. The van der Waals surface area contributed by atoms with Gasteiger partial charge < -0.3 is 14.6 Å². The largest absolute Gasteiger partial charge is 0.494 e. The number of aromatic nitrogens is 2. The molecule has 180 valence electrons. The Morgan fingerprint density at radius 3 is 2.64 bits per heavy atom. The van der Waals surface area contributed by atoms with E-state index < -0.39 is 0 Å². The molecule has 0 radical (unpaired) electrons. The van der Waals surface area contributed by atoms with Crippen molar-refractivity contribution >= 4 is 33.5 Å². The van der Waals surface area contributed by atoms with Crippen LogP contribution in [0.2, 0.25) is 0 Å². The molecule has 0 spiro atoms. The number of imidazole rings is 1. The molecule has 1 aliphatic heterocycles. The molecule has 0 aliphatic carbocycles. The number of hydrogen-bond donors (Lipinski definition) is 1. The second-order valence-electron chi connectivity index (χ2n) is 9.25. The summed E-state index contributed by atoms with van der Waals surface area (Å²) in [4.78, 5) is 25.2. The van der Waals surface area contributed by atoms with Gasteiger partial charge in [0.05, 0.1) is 30.0 Å². The fraction of sp³-hybridized carbons (Fsp3) is 0.200. The SMILES string of the molecule is CCCOc1ccc(C2CN(Cc3ccc4ccccc4c3)C(=O)N2c2ccc3[nH]cnc3c2)cc1. The summed E-state index contributed by atoms with van der Waals surface area (Å²) in [6, 6.07) is 28.7. The minimum Gasteiger partial charge on any atom is -0.494 e. The molecule has 1 fully saturated rings. The van der Waals surface area contributed by atoms with Crippen molar-refractivity contribution < 1.29 is 9.53 Å². The first-order valence-corrected chi connectivity index (χ1v) is 12.4. The number of amides is 2. The van der Waals surface area contributed by atoms with Gasteiger partial charge in [-0.3, -0.25) is 4.90 Å². The smallest absolute Gasteiger partial charge is 0.325 e. The molecule has 2 heterocycles. The fourth-order valence-electron chi connectivity index (χ4n) is 4.96. The number of hydrogen-bond acceptors (Lipinski definition) is 3. The lowest BCUT2D eigenvalue weighted by Gasteiger charge is -2.24. The van der Waals surface area contributed by atoms with Crippen molar-refractivity contribution in [3.63, 3.8) is 0 Å². The van der Waals surface area contributed by atoms with Crippen molar-refractivity contribution in [2.45, 2.75) is 25.9 Å². The van der Waals surface area contributed by atoms with E-state index in [1.807, 2.05) is 52.3 Å². The lowest BCUT2D eigenvalue weighted by atomic mass is 10.0. The Morgan fingerprint density at radius 2 is 1.81 bits per heavy atom. The van der Waals surface area contributed by atoms with Gasteiger partial charge in [-0.2, -0.15) is 0 Å². The molecule has 2 amide bonds. The number of ether oxygens (including phenoxy) is 1. The molecule has 1 aliphatic rings. The number of rotatable bonds is 7. The Hall–Kier alpha value is -4.32. The van der Waals surface area contributed by atoms with Gasteiger partial charge in [0.15, 0.2) is 0 Å². The topological polar surface area (TPSA) is 61.5 Å². The van der Waals surface area contributed by atoms with Crippen LogP contribution in [0.1, 0.15) is 30.5 Å². The number of carbonyl (C=O) groups is 1. The predicted molar refractivity (Wildman–Crippen MR) is 143 cm³/mol. The molecule has 5 aromatic rings. The summed E-state index contributed by atoms with van der Waals surface area (Å²) in [5.41, 5.74) is 4.84. The standard InChI is InChI=1S/C30H28N4O2/c1-2-15-36-26-12-9-23(10-13-26)29-19-33(18-21-7-8-22-5-3-4-6-24(22)16-21)30(35)34(29)25-11-14-27-28(17-25)32-20-31-27/h3-14,16-17,20,29H,2,15,18-19H2,1H3,(H,31,32). The van der Waals surface area contributed by atoms with E-state index in [0.29, 0.717) is 19.7 Å². The molecule has 0 bridgehead atoms. The number of anilines is 1. The first-order chi connectivity index (χ1) is 17.7. The highest BCUT2D eigenvalue weighted by Crippen LogP contribution is 2.37. The van der Waals surface area contributed by atoms with Gasteiger partial charge in [0.1, 0.15) is 5.75 Å². The zero-order valence-electron chi connectivity index (χ0n) is 20.2. The molecule has 1 saturated heterocycles. The van der Waals surface area contributed by atoms with Crippen LogP contribution in [-0.4, -0.2) is 34.1 Å². The normalized spacial score (nSPS) is 15.8. The van der Waals surface area contributed by atoms with Gasteiger partial charge in [-0.15, -0.1) is 0 Å². The van der Waals surface area contributed by atoms with Gasteiger partial charge in [-0.1, -0.05) is 55.5 Å². The Balaban J connectivity index is 1.33. The molecule has 6 nitrogen and oxygen atoms in total. The lowest BCUT2D eigenvalue weighted by Crippen LogP contribution is -2.32. The fourth-order valence-corrected chi connectivity index (χ4v) is 4.96. The maximum absolute atomic E-state index is 13.8. The maximum Gasteiger partial charge on any atom is 0.325 e. The van der Waals surface area contributed by atoms with Crippen LogP contribution < -0.4 is 9.64 Å². The summed E-state index contributed by atoms with van der Waals surface area (Å²) in [7, 11) is 0. The molecule has 6 rings (SSSR count). The third kappa shape index (κ3) is 4.15. The zero-order chi connectivity index (χ0) is 24.5. The van der Waals surface area contributed by atoms with Gasteiger partial charge in [-0.05, 0) is 64.7 Å². The number of benzene rings is 4. The minimum atomic E-state index is -0.116. The van der Waals surface area contributed by atoms with Crippen LogP contribution in [0.15, 0.2) is 91.3 Å². The maximum atomic E-state index is 13.8. The van der Waals surface area contributed by atoms with E-state index in [2.05, 4.69) is 59.4 Å². The van der Waals surface area contributed by atoms with E-state index in [1.54, 1.807) is 6.33 Å². The molecule has 1 aromatic heterocycles. The quantitative estimate of drug-likeness (QED) is 0.285. The van der Waals surface area contributed by atoms with Crippen LogP contribution in [0.25, 0.3) is 21.8 Å². The van der Waals surface area contributed by atoms with Crippen molar-refractivity contribution in [1.82, 2.24) is 14.9 Å². The Kier molecular flexibility index (Phi) is 5.77. The van der Waals surface area contributed by atoms with Gasteiger partial charge >= 0.3 is 6.03 Å². The number of aromatic amines is 1. The number of urea groups is 1. The van der Waals surface area contributed by atoms with E-state index in [4.69, 9.17) is 4.74 Å². The number of nitrogens with one attached hydrogen (secondary N) is 1. The Labute approximate surface area is 210 Å². The van der Waals surface area contributed by atoms with Crippen LogP contribution in [0.5, 0.6) is 5.75 Å². The molecule has 36 heavy (non-hydrogen) atoms. The van der Waals surface area contributed by atoms with Crippen molar-refractivity contribution in [2.75, 3.05) is 18.1 Å². The summed E-state index contributed by atoms with van der Waals surface area (Å²) >= 11 is 0. The third-order valence-corrected chi connectivity index (χ3v) is 6.79. The summed E-state index contributed by atoms with van der Waals surface area (Å²) in [6.45, 7) is 3.94. The average molecular weight is 477 g/mol. The molecule has 6 heteroatoms. The van der Waals surface area contributed by atoms with Gasteiger partial charge in [0.25, 0.3) is 0 Å². The minimum absolute atomic E-state index is 0.00523. The first kappa shape index (κ1) is 22.2. The van der Waals surface area contributed by atoms with Crippen LogP contribution in [-0.2, 0) is 6.54 Å². The number of carbonyl (C=O) groups excluding carboxylic acids is 1. The highest BCUT2D eigenvalue weighted by Gasteiger charge is 2.39. The van der Waals surface area contributed by atoms with E-state index in [1.165, 1.54) is 10.8 Å². The van der Waals surface area contributed by atoms with E-state index >= 15 is 0 Å². The zero-order valence-corrected chi connectivity index (χ0v) is 20.2. The van der Waals surface area contributed by atoms with Crippen LogP contribution >= 0.6 is 0 Å². The summed E-state index contributed by atoms with van der Waals surface area (Å²) in [6.07, 6.45) is 2.64. The van der Waals surface area contributed by atoms with Crippen molar-refractivity contribution in [3.8, 4) is 5.75 Å². The average Bonchev–Trinajstić information content (AvgIpc) is 3.51. The van der Waals surface area contributed by atoms with E-state index in [-0.39, 0.29) is 12.1 Å². The number of fused-ring (bicyclic) bond motifs is 2. The van der Waals surface area contributed by atoms with Crippen LogP contribution in [0.4, 0.5) is 10.5 Å². The van der Waals surface area contributed by atoms with Crippen molar-refractivity contribution in [1.29, 1.82) is 0 Å². The second kappa shape index (κ2) is 9.38. The lowest BCUT2D eigenvalue weighted by molar-refractivity contribution is 0.218. The van der Waals surface area contributed by atoms with Crippen molar-refractivity contribution in [3.05, 3.63) is 102 Å². The Morgan fingerprint density at radius 1 is 0.972 bits per heavy atom. The molecule has 1 atom stereocenters. The summed E-state index contributed by atoms with van der Waals surface area (Å²) in [5.74, 6) is 0.849. The highest BCUT2D eigenvalue weighted by molar-refractivity contribution is 5.97. The molecule has 0 saturated carbocycles. The predicted octanol–water partition coefficient (Wildman–Crippen LogP) is 6.69. The molecular weight excluding hydrogens is 448 g/mol. The van der Waals surface area contributed by atoms with Crippen LogP contribution in [0, 0.1) is 0 Å². The first-order valence-electron chi connectivity index (χ1n) is 12.4. The molecular formula is C30H28N4O2. The van der Waals surface area contributed by atoms with Crippen LogP contribution in [0.3, 0.4) is 0 Å². The number of H-pyrrole nitrogens is 1. The number of nitrogens with zero attached hydrogens (tertiary/aromatic N) is 3. The monoisotopic (exact) mass is 476 g/mol. The highest BCUT2D eigenvalue weighted by atomic mass is 16.5. The molecule has 4 aromatic carbocycles. The van der Waals surface area contributed by atoms with E-state index in [9.17, 15) is 4.79 Å².